The summed E-state index contributed by atoms with van der Waals surface area (Å²) in [5, 5.41) is 3.34. The number of esters is 2. The van der Waals surface area contributed by atoms with Gasteiger partial charge in [0.05, 0.1) is 13.0 Å². The summed E-state index contributed by atoms with van der Waals surface area (Å²) in [6.45, 7) is 2.16. The van der Waals surface area contributed by atoms with Gasteiger partial charge in [-0.2, -0.15) is 0 Å². The van der Waals surface area contributed by atoms with Gasteiger partial charge in [-0.1, -0.05) is 19.3 Å². The molecule has 112 valence electrons. The van der Waals surface area contributed by atoms with Gasteiger partial charge in [-0.15, -0.1) is 0 Å². The number of rotatable bonds is 2. The zero-order valence-electron chi connectivity index (χ0n) is 12.0. The summed E-state index contributed by atoms with van der Waals surface area (Å²) in [5.41, 5.74) is -0.660. The normalized spacial score (nSPS) is 40.2. The first-order valence-electron chi connectivity index (χ1n) is 7.82. The second-order valence-electron chi connectivity index (χ2n) is 6.15. The van der Waals surface area contributed by atoms with Crippen LogP contribution >= 0.6 is 0 Å². The van der Waals surface area contributed by atoms with E-state index in [1.807, 2.05) is 0 Å². The molecule has 2 aliphatic heterocycles. The summed E-state index contributed by atoms with van der Waals surface area (Å²) in [6.07, 6.45) is 6.72. The number of hydrogen-bond acceptors (Lipinski definition) is 5. The highest BCUT2D eigenvalue weighted by Crippen LogP contribution is 2.48. The molecule has 4 atom stereocenters. The Morgan fingerprint density at radius 3 is 3.00 bits per heavy atom. The van der Waals surface area contributed by atoms with E-state index in [2.05, 4.69) is 5.32 Å². The van der Waals surface area contributed by atoms with E-state index in [1.165, 1.54) is 6.42 Å². The fourth-order valence-electron chi connectivity index (χ4n) is 4.23. The highest BCUT2D eigenvalue weighted by molar-refractivity contribution is 5.81. The first-order valence-corrected chi connectivity index (χ1v) is 7.82. The molecule has 1 saturated carbocycles. The van der Waals surface area contributed by atoms with E-state index >= 15 is 0 Å². The Hall–Kier alpha value is -1.10. The van der Waals surface area contributed by atoms with E-state index < -0.39 is 11.6 Å². The van der Waals surface area contributed by atoms with Crippen LogP contribution in [0.4, 0.5) is 0 Å². The van der Waals surface area contributed by atoms with Gasteiger partial charge in [0, 0.05) is 12.0 Å². The van der Waals surface area contributed by atoms with Crippen molar-refractivity contribution in [2.45, 2.75) is 69.6 Å². The van der Waals surface area contributed by atoms with Crippen LogP contribution in [0.5, 0.6) is 0 Å². The summed E-state index contributed by atoms with van der Waals surface area (Å²) in [4.78, 5) is 24.1. The van der Waals surface area contributed by atoms with Crippen LogP contribution in [0.25, 0.3) is 0 Å². The largest absolute Gasteiger partial charge is 0.465 e. The van der Waals surface area contributed by atoms with Crippen molar-refractivity contribution >= 4 is 11.9 Å². The third-order valence-electron chi connectivity index (χ3n) is 5.03. The van der Waals surface area contributed by atoms with E-state index in [9.17, 15) is 9.59 Å². The monoisotopic (exact) mass is 281 g/mol. The van der Waals surface area contributed by atoms with Crippen LogP contribution in [0.3, 0.4) is 0 Å². The maximum absolute atomic E-state index is 12.3. The Balaban J connectivity index is 1.92. The van der Waals surface area contributed by atoms with Gasteiger partial charge in [0.15, 0.2) is 0 Å². The summed E-state index contributed by atoms with van der Waals surface area (Å²) in [6, 6.07) is -0.411. The fraction of sp³-hybridized carbons (Fsp3) is 0.867. The number of ether oxygens (including phenoxy) is 2. The SMILES string of the molecule is CCOC(=O)[C@H]1N[C@H]2CC(=O)O[C@@]13CCCCCC[C@@H]23. The Morgan fingerprint density at radius 2 is 2.20 bits per heavy atom. The van der Waals surface area contributed by atoms with E-state index in [-0.39, 0.29) is 23.9 Å². The number of nitrogens with one attached hydrogen (secondary N) is 1. The molecule has 3 aliphatic rings. The molecule has 0 spiro atoms. The number of carbonyl (C=O) groups excluding carboxylic acids is 2. The summed E-state index contributed by atoms with van der Waals surface area (Å²) in [5.74, 6) is -0.184. The molecule has 3 rings (SSSR count). The lowest BCUT2D eigenvalue weighted by Gasteiger charge is -2.42. The van der Waals surface area contributed by atoms with E-state index in [4.69, 9.17) is 9.47 Å². The van der Waals surface area contributed by atoms with Crippen molar-refractivity contribution in [3.8, 4) is 0 Å². The zero-order chi connectivity index (χ0) is 14.2. The minimum atomic E-state index is -0.660. The van der Waals surface area contributed by atoms with Crippen molar-refractivity contribution in [3.05, 3.63) is 0 Å². The fourth-order valence-corrected chi connectivity index (χ4v) is 4.23. The molecular weight excluding hydrogens is 258 g/mol. The molecule has 5 nitrogen and oxygen atoms in total. The van der Waals surface area contributed by atoms with Crippen LogP contribution in [0.15, 0.2) is 0 Å². The molecule has 0 unspecified atom stereocenters. The molecule has 1 aliphatic carbocycles. The van der Waals surface area contributed by atoms with E-state index in [1.54, 1.807) is 6.92 Å². The standard InChI is InChI=1S/C15H23NO4/c1-2-19-14(18)13-15-8-6-4-3-5-7-10(15)11(16-13)9-12(17)20-15/h10-11,13,16H,2-9H2,1H3/t10-,11-,13+,15+/m0/s1. The van der Waals surface area contributed by atoms with Gasteiger partial charge >= 0.3 is 11.9 Å². The van der Waals surface area contributed by atoms with Crippen molar-refractivity contribution in [1.82, 2.24) is 5.32 Å². The second kappa shape index (κ2) is 5.35. The molecule has 2 heterocycles. The summed E-state index contributed by atoms with van der Waals surface area (Å²) in [7, 11) is 0. The van der Waals surface area contributed by atoms with Crippen molar-refractivity contribution in [1.29, 1.82) is 0 Å². The minimum absolute atomic E-state index is 0.0729. The third-order valence-corrected chi connectivity index (χ3v) is 5.03. The van der Waals surface area contributed by atoms with Crippen molar-refractivity contribution in [3.63, 3.8) is 0 Å². The smallest absolute Gasteiger partial charge is 0.327 e. The predicted molar refractivity (Wildman–Crippen MR) is 72.0 cm³/mol. The lowest BCUT2D eigenvalue weighted by atomic mass is 9.72. The van der Waals surface area contributed by atoms with Crippen molar-refractivity contribution < 1.29 is 19.1 Å². The molecule has 0 amide bonds. The van der Waals surface area contributed by atoms with Gasteiger partial charge in [-0.3, -0.25) is 14.9 Å². The molecule has 3 fully saturated rings. The molecule has 2 saturated heterocycles. The molecule has 2 bridgehead atoms. The third kappa shape index (κ3) is 2.12. The Kier molecular flexibility index (Phi) is 3.71. The highest BCUT2D eigenvalue weighted by atomic mass is 16.6. The Morgan fingerprint density at radius 1 is 1.40 bits per heavy atom. The van der Waals surface area contributed by atoms with E-state index in [0.29, 0.717) is 13.0 Å². The first-order chi connectivity index (χ1) is 9.67. The molecule has 20 heavy (non-hydrogen) atoms. The number of hydrogen-bond donors (Lipinski definition) is 1. The van der Waals surface area contributed by atoms with Crippen LogP contribution < -0.4 is 5.32 Å². The van der Waals surface area contributed by atoms with Gasteiger partial charge in [-0.05, 0) is 26.2 Å². The average Bonchev–Trinajstić information content (AvgIpc) is 2.56. The summed E-state index contributed by atoms with van der Waals surface area (Å²) >= 11 is 0. The van der Waals surface area contributed by atoms with Gasteiger partial charge < -0.3 is 9.47 Å². The van der Waals surface area contributed by atoms with Crippen LogP contribution in [0, 0.1) is 5.92 Å². The zero-order valence-corrected chi connectivity index (χ0v) is 12.0. The lowest BCUT2D eigenvalue weighted by Crippen LogP contribution is -2.55. The molecule has 5 heteroatoms. The molecule has 0 aromatic heterocycles. The van der Waals surface area contributed by atoms with E-state index in [0.717, 1.165) is 32.1 Å². The van der Waals surface area contributed by atoms with Crippen molar-refractivity contribution in [2.75, 3.05) is 6.61 Å². The number of carbonyl (C=O) groups is 2. The van der Waals surface area contributed by atoms with Gasteiger partial charge in [0.1, 0.15) is 11.6 Å². The first kappa shape index (κ1) is 13.9. The van der Waals surface area contributed by atoms with Crippen molar-refractivity contribution in [2.24, 2.45) is 5.92 Å². The van der Waals surface area contributed by atoms with Crippen LogP contribution in [-0.2, 0) is 19.1 Å². The molecule has 0 aromatic carbocycles. The summed E-state index contributed by atoms with van der Waals surface area (Å²) < 4.78 is 11.0. The van der Waals surface area contributed by atoms with Crippen LogP contribution in [-0.4, -0.2) is 36.2 Å². The van der Waals surface area contributed by atoms with Gasteiger partial charge in [0.2, 0.25) is 0 Å². The van der Waals surface area contributed by atoms with Gasteiger partial charge in [-0.25, -0.2) is 0 Å². The Labute approximate surface area is 119 Å². The molecule has 1 N–H and O–H groups in total. The predicted octanol–water partition coefficient (Wildman–Crippen LogP) is 1.55. The maximum Gasteiger partial charge on any atom is 0.327 e. The highest BCUT2D eigenvalue weighted by Gasteiger charge is 2.63. The molecular formula is C15H23NO4. The molecule has 0 radical (unpaired) electrons. The quantitative estimate of drug-likeness (QED) is 0.778. The Bertz CT molecular complexity index is 411. The topological polar surface area (TPSA) is 64.6 Å². The molecule has 0 aromatic rings. The maximum atomic E-state index is 12.3. The van der Waals surface area contributed by atoms with Gasteiger partial charge in [0.25, 0.3) is 0 Å². The average molecular weight is 281 g/mol. The van der Waals surface area contributed by atoms with Crippen LogP contribution in [0.1, 0.15) is 51.9 Å². The second-order valence-corrected chi connectivity index (χ2v) is 6.15. The lowest BCUT2D eigenvalue weighted by molar-refractivity contribution is -0.180. The minimum Gasteiger partial charge on any atom is -0.465 e. The van der Waals surface area contributed by atoms with Crippen LogP contribution in [0.2, 0.25) is 0 Å².